The molecule has 2 saturated heterocycles. The van der Waals surface area contributed by atoms with Crippen LogP contribution >= 0.6 is 33.3 Å². The molecule has 2 N–H and O–H groups in total. The fourth-order valence-electron chi connectivity index (χ4n) is 3.38. The molecule has 2 aliphatic rings. The van der Waals surface area contributed by atoms with Crippen molar-refractivity contribution in [1.82, 2.24) is 15.5 Å². The fraction of sp³-hybridized carbons (Fsp3) is 0.875. The monoisotopic (exact) mass is 519 g/mol. The molecular formula is C16H29N3O6S5. The molecule has 9 nitrogen and oxygen atoms in total. The predicted molar refractivity (Wildman–Crippen MR) is 125 cm³/mol. The number of carbonyl (C=O) groups is 2. The van der Waals surface area contributed by atoms with Crippen LogP contribution < -0.4 is 10.6 Å². The number of thioether (sulfide) groups is 1. The summed E-state index contributed by atoms with van der Waals surface area (Å²) in [6.07, 6.45) is 5.04. The summed E-state index contributed by atoms with van der Waals surface area (Å²) in [4.78, 5) is 25.6. The number of carbonyl (C=O) groups excluding carboxylic acids is 2. The molecule has 0 aromatic rings. The Labute approximate surface area is 190 Å². The average molecular weight is 520 g/mol. The number of amides is 3. The van der Waals surface area contributed by atoms with Gasteiger partial charge in [0.2, 0.25) is 5.91 Å². The molecule has 30 heavy (non-hydrogen) atoms. The third-order valence-electron chi connectivity index (χ3n) is 4.74. The lowest BCUT2D eigenvalue weighted by molar-refractivity contribution is -0.130. The van der Waals surface area contributed by atoms with Crippen molar-refractivity contribution in [3.63, 3.8) is 0 Å². The van der Waals surface area contributed by atoms with Crippen LogP contribution in [0.1, 0.15) is 25.7 Å². The molecule has 3 unspecified atom stereocenters. The molecular weight excluding hydrogens is 491 g/mol. The third-order valence-corrected chi connectivity index (χ3v) is 11.4. The van der Waals surface area contributed by atoms with Gasteiger partial charge < -0.3 is 15.5 Å². The maximum Gasteiger partial charge on any atom is 0.315 e. The summed E-state index contributed by atoms with van der Waals surface area (Å²) in [5.74, 6) is 1.31. The van der Waals surface area contributed by atoms with E-state index in [-0.39, 0.29) is 48.6 Å². The largest absolute Gasteiger partial charge is 0.341 e. The first-order chi connectivity index (χ1) is 13.9. The molecule has 2 fully saturated rings. The highest BCUT2D eigenvalue weighted by atomic mass is 33.1. The first kappa shape index (κ1) is 25.9. The van der Waals surface area contributed by atoms with Crippen LogP contribution in [0.5, 0.6) is 0 Å². The van der Waals surface area contributed by atoms with E-state index in [0.717, 1.165) is 52.7 Å². The molecule has 0 aromatic carbocycles. The van der Waals surface area contributed by atoms with Crippen molar-refractivity contribution >= 4 is 63.0 Å². The van der Waals surface area contributed by atoms with E-state index in [9.17, 15) is 26.4 Å². The Morgan fingerprint density at radius 2 is 1.67 bits per heavy atom. The van der Waals surface area contributed by atoms with Crippen LogP contribution in [0.3, 0.4) is 0 Å². The number of fused-ring (bicyclic) bond motifs is 1. The molecule has 2 heterocycles. The van der Waals surface area contributed by atoms with Gasteiger partial charge in [-0.1, -0.05) is 6.42 Å². The quantitative estimate of drug-likeness (QED) is 0.207. The predicted octanol–water partition coefficient (Wildman–Crippen LogP) is 0.926. The summed E-state index contributed by atoms with van der Waals surface area (Å²) >= 11 is 1.84. The Kier molecular flexibility index (Phi) is 9.97. The minimum Gasteiger partial charge on any atom is -0.341 e. The molecule has 0 radical (unpaired) electrons. The van der Waals surface area contributed by atoms with Crippen molar-refractivity contribution in [3.8, 4) is 0 Å². The van der Waals surface area contributed by atoms with Crippen LogP contribution in [-0.4, -0.2) is 93.9 Å². The van der Waals surface area contributed by atoms with Gasteiger partial charge in [-0.3, -0.25) is 4.79 Å². The molecule has 0 saturated carbocycles. The molecule has 0 aromatic heterocycles. The third kappa shape index (κ3) is 9.45. The van der Waals surface area contributed by atoms with Gasteiger partial charge in [0.1, 0.15) is 0 Å². The Morgan fingerprint density at radius 3 is 2.23 bits per heavy atom. The summed E-state index contributed by atoms with van der Waals surface area (Å²) in [6, 6.07) is 0.222. The molecule has 2 aliphatic heterocycles. The van der Waals surface area contributed by atoms with Crippen LogP contribution in [-0.2, 0) is 22.5 Å². The lowest BCUT2D eigenvalue weighted by atomic mass is 10.0. The van der Waals surface area contributed by atoms with E-state index in [1.807, 2.05) is 11.8 Å². The van der Waals surface area contributed by atoms with Crippen LogP contribution in [0.15, 0.2) is 0 Å². The van der Waals surface area contributed by atoms with Crippen molar-refractivity contribution in [2.45, 2.75) is 43.0 Å². The van der Waals surface area contributed by atoms with Gasteiger partial charge in [0, 0.05) is 54.5 Å². The SMILES string of the molecule is CS(=O)(=O)SCCN(CCSS(C)(=O)=O)C(=O)CCCCC1SCC2NC(=O)NC21. The molecule has 2 rings (SSSR count). The van der Waals surface area contributed by atoms with Crippen LogP contribution in [0.2, 0.25) is 0 Å². The zero-order valence-electron chi connectivity index (χ0n) is 17.0. The Morgan fingerprint density at radius 1 is 1.07 bits per heavy atom. The van der Waals surface area contributed by atoms with E-state index in [1.165, 1.54) is 0 Å². The minimum atomic E-state index is -3.19. The Hall–Kier alpha value is -0.310. The molecule has 14 heteroatoms. The lowest BCUT2D eigenvalue weighted by Gasteiger charge is -2.22. The number of nitrogens with zero attached hydrogens (tertiary/aromatic N) is 1. The summed E-state index contributed by atoms with van der Waals surface area (Å²) in [7, 11) is -4.82. The Balaban J connectivity index is 1.75. The van der Waals surface area contributed by atoms with Gasteiger partial charge >= 0.3 is 6.03 Å². The summed E-state index contributed by atoms with van der Waals surface area (Å²) in [5, 5.41) is 6.21. The second kappa shape index (κ2) is 11.5. The molecule has 3 amide bonds. The molecule has 0 bridgehead atoms. The van der Waals surface area contributed by atoms with Gasteiger partial charge in [0.25, 0.3) is 0 Å². The number of hydrogen-bond acceptors (Lipinski definition) is 9. The van der Waals surface area contributed by atoms with Gasteiger partial charge in [-0.05, 0) is 34.4 Å². The summed E-state index contributed by atoms with van der Waals surface area (Å²) < 4.78 is 45.2. The number of unbranched alkanes of at least 4 members (excludes halogenated alkanes) is 1. The molecule has 3 atom stereocenters. The van der Waals surface area contributed by atoms with Crippen molar-refractivity contribution in [3.05, 3.63) is 0 Å². The van der Waals surface area contributed by atoms with E-state index in [4.69, 9.17) is 0 Å². The first-order valence-electron chi connectivity index (χ1n) is 9.60. The normalized spacial score (nSPS) is 23.7. The minimum absolute atomic E-state index is 0.0917. The zero-order chi connectivity index (χ0) is 22.4. The number of urea groups is 1. The number of rotatable bonds is 13. The zero-order valence-corrected chi connectivity index (χ0v) is 21.1. The molecule has 0 aliphatic carbocycles. The highest BCUT2D eigenvalue weighted by molar-refractivity contribution is 8.72. The van der Waals surface area contributed by atoms with Crippen molar-refractivity contribution in [1.29, 1.82) is 0 Å². The lowest BCUT2D eigenvalue weighted by Crippen LogP contribution is -2.37. The van der Waals surface area contributed by atoms with E-state index < -0.39 is 17.7 Å². The van der Waals surface area contributed by atoms with E-state index in [1.54, 1.807) is 4.90 Å². The topological polar surface area (TPSA) is 130 Å². The second-order valence-electron chi connectivity index (χ2n) is 7.30. The molecule has 0 spiro atoms. The van der Waals surface area contributed by atoms with E-state index >= 15 is 0 Å². The standard InChI is InChI=1S/C16H29N3O6S5/c1-29(22,23)27-9-7-19(8-10-28-30(2,24)25)14(20)6-4-3-5-13-15-12(11-26-13)17-16(21)18-15/h12-13,15H,3-11H2,1-2H3,(H2,17,18,21). The van der Waals surface area contributed by atoms with Crippen LogP contribution in [0.4, 0.5) is 4.79 Å². The van der Waals surface area contributed by atoms with Crippen LogP contribution in [0, 0.1) is 0 Å². The van der Waals surface area contributed by atoms with Gasteiger partial charge in [-0.25, -0.2) is 21.6 Å². The molecule has 174 valence electrons. The average Bonchev–Trinajstić information content (AvgIpc) is 3.14. The van der Waals surface area contributed by atoms with Crippen molar-refractivity contribution in [2.24, 2.45) is 0 Å². The summed E-state index contributed by atoms with van der Waals surface area (Å²) in [5.41, 5.74) is 0. The maximum atomic E-state index is 12.6. The fourth-order valence-corrected chi connectivity index (χ4v) is 8.38. The highest BCUT2D eigenvalue weighted by Crippen LogP contribution is 2.33. The van der Waals surface area contributed by atoms with E-state index in [2.05, 4.69) is 10.6 Å². The highest BCUT2D eigenvalue weighted by Gasteiger charge is 2.42. The van der Waals surface area contributed by atoms with Crippen molar-refractivity contribution < 1.29 is 26.4 Å². The van der Waals surface area contributed by atoms with Gasteiger partial charge in [0.05, 0.1) is 12.1 Å². The number of hydrogen-bond donors (Lipinski definition) is 2. The summed E-state index contributed by atoms with van der Waals surface area (Å²) in [6.45, 7) is 0.529. The first-order valence-corrected chi connectivity index (χ1v) is 17.4. The Bertz CT molecular complexity index is 781. The second-order valence-corrected chi connectivity index (χ2v) is 17.7. The maximum absolute atomic E-state index is 12.6. The smallest absolute Gasteiger partial charge is 0.315 e. The van der Waals surface area contributed by atoms with Crippen LogP contribution in [0.25, 0.3) is 0 Å². The van der Waals surface area contributed by atoms with Crippen molar-refractivity contribution in [2.75, 3.05) is 42.9 Å². The number of nitrogens with one attached hydrogen (secondary N) is 2. The van der Waals surface area contributed by atoms with Gasteiger partial charge in [0.15, 0.2) is 17.7 Å². The van der Waals surface area contributed by atoms with Gasteiger partial charge in [-0.15, -0.1) is 0 Å². The van der Waals surface area contributed by atoms with Gasteiger partial charge in [-0.2, -0.15) is 11.8 Å². The van der Waals surface area contributed by atoms with E-state index in [0.29, 0.717) is 18.1 Å².